The minimum absolute atomic E-state index is 0. The molecule has 2 rings (SSSR count). The SMILES string of the molecule is COCCNCC(=O)Nc1cccc(OCc2ccccc2C)c1.Cl. The van der Waals surface area contributed by atoms with Crippen LogP contribution in [0, 0.1) is 6.92 Å². The summed E-state index contributed by atoms with van der Waals surface area (Å²) < 4.78 is 10.7. The molecule has 0 saturated carbocycles. The average molecular weight is 365 g/mol. The van der Waals surface area contributed by atoms with E-state index in [9.17, 15) is 4.79 Å². The normalized spacial score (nSPS) is 10.0. The molecule has 6 heteroatoms. The summed E-state index contributed by atoms with van der Waals surface area (Å²) in [6, 6.07) is 15.5. The number of carbonyl (C=O) groups is 1. The fraction of sp³-hybridized carbons (Fsp3) is 0.316. The number of nitrogens with one attached hydrogen (secondary N) is 2. The van der Waals surface area contributed by atoms with Crippen LogP contribution in [0.5, 0.6) is 5.75 Å². The lowest BCUT2D eigenvalue weighted by atomic mass is 10.1. The highest BCUT2D eigenvalue weighted by Gasteiger charge is 2.04. The van der Waals surface area contributed by atoms with Gasteiger partial charge in [-0.2, -0.15) is 0 Å². The summed E-state index contributed by atoms with van der Waals surface area (Å²) in [6.07, 6.45) is 0. The number of hydrogen-bond donors (Lipinski definition) is 2. The van der Waals surface area contributed by atoms with Gasteiger partial charge in [0, 0.05) is 25.4 Å². The van der Waals surface area contributed by atoms with Gasteiger partial charge in [-0.05, 0) is 30.2 Å². The molecule has 0 unspecified atom stereocenters. The molecule has 0 aliphatic carbocycles. The lowest BCUT2D eigenvalue weighted by Gasteiger charge is -2.11. The Labute approximate surface area is 155 Å². The number of ether oxygens (including phenoxy) is 2. The maximum Gasteiger partial charge on any atom is 0.238 e. The smallest absolute Gasteiger partial charge is 0.238 e. The summed E-state index contributed by atoms with van der Waals surface area (Å²) in [4.78, 5) is 11.9. The Morgan fingerprint density at radius 2 is 1.92 bits per heavy atom. The molecule has 0 saturated heterocycles. The highest BCUT2D eigenvalue weighted by molar-refractivity contribution is 5.92. The van der Waals surface area contributed by atoms with Gasteiger partial charge >= 0.3 is 0 Å². The number of carbonyl (C=O) groups excluding carboxylic acids is 1. The molecule has 136 valence electrons. The van der Waals surface area contributed by atoms with E-state index in [1.807, 2.05) is 42.5 Å². The maximum absolute atomic E-state index is 11.9. The molecule has 0 aromatic heterocycles. The van der Waals surface area contributed by atoms with E-state index in [1.165, 1.54) is 5.56 Å². The molecule has 25 heavy (non-hydrogen) atoms. The summed E-state index contributed by atoms with van der Waals surface area (Å²) in [5.74, 6) is 0.630. The minimum Gasteiger partial charge on any atom is -0.489 e. The van der Waals surface area contributed by atoms with Crippen molar-refractivity contribution >= 4 is 24.0 Å². The molecule has 2 aromatic carbocycles. The molecule has 2 aromatic rings. The summed E-state index contributed by atoms with van der Waals surface area (Å²) in [7, 11) is 1.63. The number of methoxy groups -OCH3 is 1. The molecule has 0 radical (unpaired) electrons. The first kappa shape index (κ1) is 21.0. The quantitative estimate of drug-likeness (QED) is 0.671. The second-order valence-corrected chi connectivity index (χ2v) is 5.46. The molecule has 0 spiro atoms. The zero-order valence-electron chi connectivity index (χ0n) is 14.6. The van der Waals surface area contributed by atoms with Crippen LogP contribution in [-0.4, -0.2) is 32.7 Å². The van der Waals surface area contributed by atoms with E-state index >= 15 is 0 Å². The molecule has 0 fully saturated rings. The predicted octanol–water partition coefficient (Wildman–Crippen LogP) is 3.17. The van der Waals surface area contributed by atoms with E-state index < -0.39 is 0 Å². The Morgan fingerprint density at radius 3 is 2.68 bits per heavy atom. The maximum atomic E-state index is 11.9. The third-order valence-corrected chi connectivity index (χ3v) is 3.54. The van der Waals surface area contributed by atoms with Gasteiger partial charge < -0.3 is 20.1 Å². The number of rotatable bonds is 9. The van der Waals surface area contributed by atoms with Crippen molar-refractivity contribution < 1.29 is 14.3 Å². The van der Waals surface area contributed by atoms with Crippen LogP contribution in [0.4, 0.5) is 5.69 Å². The van der Waals surface area contributed by atoms with Crippen LogP contribution >= 0.6 is 12.4 Å². The van der Waals surface area contributed by atoms with Gasteiger partial charge in [0.05, 0.1) is 13.2 Å². The van der Waals surface area contributed by atoms with E-state index in [1.54, 1.807) is 7.11 Å². The van der Waals surface area contributed by atoms with Gasteiger partial charge in [-0.15, -0.1) is 12.4 Å². The number of hydrogen-bond acceptors (Lipinski definition) is 4. The van der Waals surface area contributed by atoms with E-state index in [4.69, 9.17) is 9.47 Å². The van der Waals surface area contributed by atoms with Crippen molar-refractivity contribution in [1.29, 1.82) is 0 Å². The number of anilines is 1. The van der Waals surface area contributed by atoms with Crippen molar-refractivity contribution in [3.63, 3.8) is 0 Å². The first-order valence-electron chi connectivity index (χ1n) is 7.96. The zero-order chi connectivity index (χ0) is 17.2. The highest BCUT2D eigenvalue weighted by atomic mass is 35.5. The van der Waals surface area contributed by atoms with Gasteiger partial charge in [0.1, 0.15) is 12.4 Å². The number of aryl methyl sites for hydroxylation is 1. The molecular formula is C19H25ClN2O3. The monoisotopic (exact) mass is 364 g/mol. The molecule has 1 amide bonds. The zero-order valence-corrected chi connectivity index (χ0v) is 15.4. The van der Waals surface area contributed by atoms with Crippen molar-refractivity contribution in [1.82, 2.24) is 5.32 Å². The Kier molecular flexibility index (Phi) is 9.62. The molecule has 0 heterocycles. The van der Waals surface area contributed by atoms with Crippen LogP contribution < -0.4 is 15.4 Å². The number of benzene rings is 2. The van der Waals surface area contributed by atoms with Gasteiger partial charge in [0.15, 0.2) is 0 Å². The lowest BCUT2D eigenvalue weighted by Crippen LogP contribution is -2.30. The summed E-state index contributed by atoms with van der Waals surface area (Å²) in [5, 5.41) is 5.85. The third kappa shape index (κ3) is 7.56. The first-order chi connectivity index (χ1) is 11.7. The molecule has 0 bridgehead atoms. The standard InChI is InChI=1S/C19H24N2O3.ClH/c1-15-6-3-4-7-16(15)14-24-18-9-5-8-17(12-18)21-19(22)13-20-10-11-23-2;/h3-9,12,20H,10-11,13-14H2,1-2H3,(H,21,22);1H. The van der Waals surface area contributed by atoms with E-state index in [-0.39, 0.29) is 24.9 Å². The number of amides is 1. The Balaban J connectivity index is 0.00000312. The van der Waals surface area contributed by atoms with Gasteiger partial charge in [-0.3, -0.25) is 4.79 Å². The third-order valence-electron chi connectivity index (χ3n) is 3.54. The first-order valence-corrected chi connectivity index (χ1v) is 7.96. The Morgan fingerprint density at radius 1 is 1.12 bits per heavy atom. The van der Waals surface area contributed by atoms with Crippen LogP contribution in [0.3, 0.4) is 0 Å². The largest absolute Gasteiger partial charge is 0.489 e. The lowest BCUT2D eigenvalue weighted by molar-refractivity contribution is -0.115. The van der Waals surface area contributed by atoms with Crippen molar-refractivity contribution in [3.8, 4) is 5.75 Å². The number of halogens is 1. The Bertz CT molecular complexity index is 665. The second-order valence-electron chi connectivity index (χ2n) is 5.46. The highest BCUT2D eigenvalue weighted by Crippen LogP contribution is 2.19. The fourth-order valence-electron chi connectivity index (χ4n) is 2.18. The van der Waals surface area contributed by atoms with Gasteiger partial charge in [-0.1, -0.05) is 30.3 Å². The molecular weight excluding hydrogens is 340 g/mol. The molecule has 5 nitrogen and oxygen atoms in total. The Hall–Kier alpha value is -2.08. The second kappa shape index (κ2) is 11.5. The van der Waals surface area contributed by atoms with Crippen LogP contribution in [0.1, 0.15) is 11.1 Å². The van der Waals surface area contributed by atoms with E-state index in [0.717, 1.165) is 17.0 Å². The molecule has 0 aliphatic heterocycles. The van der Waals surface area contributed by atoms with Crippen LogP contribution in [0.2, 0.25) is 0 Å². The molecule has 0 aliphatic rings. The summed E-state index contributed by atoms with van der Waals surface area (Å²) in [5.41, 5.74) is 3.06. The van der Waals surface area contributed by atoms with Gasteiger partial charge in [0.25, 0.3) is 0 Å². The average Bonchev–Trinajstić information content (AvgIpc) is 2.58. The topological polar surface area (TPSA) is 59.6 Å². The van der Waals surface area contributed by atoms with Gasteiger partial charge in [0.2, 0.25) is 5.91 Å². The van der Waals surface area contributed by atoms with E-state index in [0.29, 0.717) is 19.8 Å². The van der Waals surface area contributed by atoms with Crippen molar-refractivity contribution in [2.45, 2.75) is 13.5 Å². The van der Waals surface area contributed by atoms with Crippen molar-refractivity contribution in [3.05, 3.63) is 59.7 Å². The van der Waals surface area contributed by atoms with Gasteiger partial charge in [-0.25, -0.2) is 0 Å². The fourth-order valence-corrected chi connectivity index (χ4v) is 2.18. The molecule has 2 N–H and O–H groups in total. The summed E-state index contributed by atoms with van der Waals surface area (Å²) in [6.45, 7) is 4.03. The van der Waals surface area contributed by atoms with Crippen LogP contribution in [0.25, 0.3) is 0 Å². The van der Waals surface area contributed by atoms with Crippen LogP contribution in [-0.2, 0) is 16.1 Å². The minimum atomic E-state index is -0.0952. The summed E-state index contributed by atoms with van der Waals surface area (Å²) >= 11 is 0. The van der Waals surface area contributed by atoms with Crippen molar-refractivity contribution in [2.24, 2.45) is 0 Å². The van der Waals surface area contributed by atoms with Crippen LogP contribution in [0.15, 0.2) is 48.5 Å². The molecule has 0 atom stereocenters. The van der Waals surface area contributed by atoms with Crippen molar-refractivity contribution in [2.75, 3.05) is 32.1 Å². The predicted molar refractivity (Wildman–Crippen MR) is 103 cm³/mol. The van der Waals surface area contributed by atoms with E-state index in [2.05, 4.69) is 23.6 Å².